The molecule has 6 heteroatoms. The molecular formula is C30H47NO5. The first-order valence-corrected chi connectivity index (χ1v) is 14.7. The monoisotopic (exact) mass is 501 g/mol. The van der Waals surface area contributed by atoms with Crippen molar-refractivity contribution in [1.82, 2.24) is 4.90 Å². The van der Waals surface area contributed by atoms with Crippen LogP contribution in [0.2, 0.25) is 0 Å². The lowest BCUT2D eigenvalue weighted by Crippen LogP contribution is -2.58. The maximum atomic E-state index is 13.0. The van der Waals surface area contributed by atoms with Gasteiger partial charge in [-0.25, -0.2) is 4.79 Å². The summed E-state index contributed by atoms with van der Waals surface area (Å²) in [5, 5.41) is 11.4. The zero-order valence-electron chi connectivity index (χ0n) is 22.8. The van der Waals surface area contributed by atoms with Gasteiger partial charge < -0.3 is 14.7 Å². The standard InChI is InChI=1S/C30H47NO5/c1-18(7-10-26(34)31-15-5-6-24(31)28(35)36-4)21-8-9-22-27-23(12-14-30(21,22)3)29(2)13-11-20(32)16-19(29)17-25(27)33/h18-19,21-25,27,33H,5-17H2,1-4H3/t18-,19+,21-,22+,23+,24?,25-,27+,29+,30-/m1/s1. The van der Waals surface area contributed by atoms with Crippen molar-refractivity contribution in [2.45, 2.75) is 110 Å². The van der Waals surface area contributed by atoms with E-state index in [4.69, 9.17) is 4.74 Å². The van der Waals surface area contributed by atoms with Gasteiger partial charge in [-0.15, -0.1) is 0 Å². The summed E-state index contributed by atoms with van der Waals surface area (Å²) in [7, 11) is 1.40. The van der Waals surface area contributed by atoms with E-state index in [1.807, 2.05) is 0 Å². The number of rotatable bonds is 5. The first kappa shape index (κ1) is 26.2. The Hall–Kier alpha value is -1.43. The molecule has 6 nitrogen and oxygen atoms in total. The van der Waals surface area contributed by atoms with Gasteiger partial charge in [-0.05, 0) is 104 Å². The van der Waals surface area contributed by atoms with Crippen LogP contribution < -0.4 is 0 Å². The number of ether oxygens (including phenoxy) is 1. The SMILES string of the molecule is COC(=O)C1CCCN1C(=O)CC[C@@H](C)[C@H]1CC[C@H]2[C@@H]3[C@H](O)C[C@@H]4CC(=O)CC[C@]4(C)[C@H]3CC[C@]12C. The number of carbonyl (C=O) groups excluding carboxylic acids is 3. The number of aliphatic hydroxyl groups is 1. The first-order chi connectivity index (χ1) is 17.1. The number of likely N-dealkylation sites (tertiary alicyclic amines) is 1. The van der Waals surface area contributed by atoms with Gasteiger partial charge in [0.2, 0.25) is 5.91 Å². The van der Waals surface area contributed by atoms with Crippen LogP contribution in [-0.4, -0.2) is 53.5 Å². The smallest absolute Gasteiger partial charge is 0.328 e. The van der Waals surface area contributed by atoms with E-state index in [0.717, 1.165) is 38.5 Å². The zero-order valence-corrected chi connectivity index (χ0v) is 22.8. The fourth-order valence-electron chi connectivity index (χ4n) is 10.1. The molecule has 1 unspecified atom stereocenters. The van der Waals surface area contributed by atoms with Gasteiger partial charge in [-0.3, -0.25) is 9.59 Å². The van der Waals surface area contributed by atoms with Gasteiger partial charge in [0.1, 0.15) is 11.8 Å². The van der Waals surface area contributed by atoms with Gasteiger partial charge in [0.25, 0.3) is 0 Å². The fourth-order valence-corrected chi connectivity index (χ4v) is 10.1. The topological polar surface area (TPSA) is 83.9 Å². The third-order valence-corrected chi connectivity index (χ3v) is 12.1. The molecule has 5 fully saturated rings. The van der Waals surface area contributed by atoms with E-state index in [1.54, 1.807) is 4.90 Å². The van der Waals surface area contributed by atoms with Crippen LogP contribution in [0.3, 0.4) is 0 Å². The highest BCUT2D eigenvalue weighted by Gasteiger charge is 2.62. The number of carbonyl (C=O) groups is 3. The van der Waals surface area contributed by atoms with Crippen LogP contribution in [-0.2, 0) is 19.1 Å². The maximum absolute atomic E-state index is 13.0. The summed E-state index contributed by atoms with van der Waals surface area (Å²) in [6.07, 6.45) is 10.5. The van der Waals surface area contributed by atoms with Gasteiger partial charge in [0.05, 0.1) is 13.2 Å². The molecule has 0 bridgehead atoms. The summed E-state index contributed by atoms with van der Waals surface area (Å²) in [5.41, 5.74) is 0.404. The van der Waals surface area contributed by atoms with Gasteiger partial charge in [-0.2, -0.15) is 0 Å². The van der Waals surface area contributed by atoms with Gasteiger partial charge in [0.15, 0.2) is 0 Å². The van der Waals surface area contributed by atoms with E-state index in [1.165, 1.54) is 26.4 Å². The van der Waals surface area contributed by atoms with Crippen LogP contribution in [0.4, 0.5) is 0 Å². The van der Waals surface area contributed by atoms with Crippen molar-refractivity contribution < 1.29 is 24.2 Å². The van der Waals surface area contributed by atoms with Crippen molar-refractivity contribution in [2.24, 2.45) is 46.3 Å². The lowest BCUT2D eigenvalue weighted by Gasteiger charge is -2.62. The number of hydrogen-bond donors (Lipinski definition) is 1. The number of hydrogen-bond acceptors (Lipinski definition) is 5. The molecule has 5 aliphatic rings. The average molecular weight is 502 g/mol. The van der Waals surface area contributed by atoms with Crippen LogP contribution in [0.15, 0.2) is 0 Å². The van der Waals surface area contributed by atoms with E-state index in [0.29, 0.717) is 67.1 Å². The highest BCUT2D eigenvalue weighted by atomic mass is 16.5. The molecular weight excluding hydrogens is 454 g/mol. The molecule has 1 saturated heterocycles. The molecule has 10 atom stereocenters. The molecule has 0 spiro atoms. The van der Waals surface area contributed by atoms with Gasteiger partial charge >= 0.3 is 5.97 Å². The Kier molecular flexibility index (Phi) is 7.06. The largest absolute Gasteiger partial charge is 0.467 e. The molecule has 0 aromatic heterocycles. The van der Waals surface area contributed by atoms with E-state index in [-0.39, 0.29) is 28.8 Å². The summed E-state index contributed by atoms with van der Waals surface area (Å²) in [4.78, 5) is 39.1. The molecule has 0 aromatic rings. The first-order valence-electron chi connectivity index (χ1n) is 14.7. The Balaban J connectivity index is 1.25. The van der Waals surface area contributed by atoms with Crippen LogP contribution in [0.5, 0.6) is 0 Å². The summed E-state index contributed by atoms with van der Waals surface area (Å²) >= 11 is 0. The minimum absolute atomic E-state index is 0.0895. The van der Waals surface area contributed by atoms with Gasteiger partial charge in [0, 0.05) is 25.8 Å². The normalized spacial score (nSPS) is 45.0. The lowest BCUT2D eigenvalue weighted by molar-refractivity contribution is -0.169. The van der Waals surface area contributed by atoms with E-state index >= 15 is 0 Å². The second-order valence-electron chi connectivity index (χ2n) is 13.6. The summed E-state index contributed by atoms with van der Waals surface area (Å²) in [6, 6.07) is -0.408. The lowest BCUT2D eigenvalue weighted by atomic mass is 9.44. The van der Waals surface area contributed by atoms with E-state index in [9.17, 15) is 19.5 Å². The number of nitrogens with zero attached hydrogens (tertiary/aromatic N) is 1. The van der Waals surface area contributed by atoms with Crippen molar-refractivity contribution in [3.63, 3.8) is 0 Å². The Morgan fingerprint density at radius 1 is 1.11 bits per heavy atom. The Morgan fingerprint density at radius 2 is 1.86 bits per heavy atom. The number of esters is 1. The molecule has 1 N–H and O–H groups in total. The number of fused-ring (bicyclic) bond motifs is 5. The summed E-state index contributed by atoms with van der Waals surface area (Å²) in [6.45, 7) is 7.88. The molecule has 36 heavy (non-hydrogen) atoms. The summed E-state index contributed by atoms with van der Waals surface area (Å²) < 4.78 is 4.92. The van der Waals surface area contributed by atoms with Crippen molar-refractivity contribution >= 4 is 17.7 Å². The van der Waals surface area contributed by atoms with Crippen LogP contribution in [0.1, 0.15) is 97.8 Å². The maximum Gasteiger partial charge on any atom is 0.328 e. The third-order valence-electron chi connectivity index (χ3n) is 12.1. The summed E-state index contributed by atoms with van der Waals surface area (Å²) in [5.74, 6) is 2.95. The fraction of sp³-hybridized carbons (Fsp3) is 0.900. The van der Waals surface area contributed by atoms with E-state index in [2.05, 4.69) is 20.8 Å². The molecule has 4 saturated carbocycles. The molecule has 1 aliphatic heterocycles. The minimum Gasteiger partial charge on any atom is -0.467 e. The predicted octanol–water partition coefficient (Wildman–Crippen LogP) is 4.77. The van der Waals surface area contributed by atoms with Crippen molar-refractivity contribution in [1.29, 1.82) is 0 Å². The molecule has 1 amide bonds. The van der Waals surface area contributed by atoms with Crippen molar-refractivity contribution in [3.05, 3.63) is 0 Å². The minimum atomic E-state index is -0.408. The molecule has 1 heterocycles. The zero-order chi connectivity index (χ0) is 25.8. The number of ketones is 1. The molecule has 0 aromatic carbocycles. The Bertz CT molecular complexity index is 889. The number of Topliss-reactive ketones (excluding diaryl/α,β-unsaturated/α-hetero) is 1. The van der Waals surface area contributed by atoms with Crippen LogP contribution in [0, 0.1) is 46.3 Å². The van der Waals surface area contributed by atoms with Crippen LogP contribution >= 0.6 is 0 Å². The quantitative estimate of drug-likeness (QED) is 0.549. The van der Waals surface area contributed by atoms with Crippen LogP contribution in [0.25, 0.3) is 0 Å². The van der Waals surface area contributed by atoms with Gasteiger partial charge in [-0.1, -0.05) is 20.8 Å². The second-order valence-corrected chi connectivity index (χ2v) is 13.6. The number of methoxy groups -OCH3 is 1. The highest BCUT2D eigenvalue weighted by molar-refractivity contribution is 5.85. The molecule has 202 valence electrons. The molecule has 0 radical (unpaired) electrons. The number of aliphatic hydroxyl groups excluding tert-OH is 1. The molecule has 5 rings (SSSR count). The van der Waals surface area contributed by atoms with Crippen molar-refractivity contribution in [2.75, 3.05) is 13.7 Å². The third kappa shape index (κ3) is 4.14. The average Bonchev–Trinajstić information content (AvgIpc) is 3.47. The highest BCUT2D eigenvalue weighted by Crippen LogP contribution is 2.68. The molecule has 4 aliphatic carbocycles. The van der Waals surface area contributed by atoms with E-state index < -0.39 is 6.04 Å². The second kappa shape index (κ2) is 9.71. The number of amides is 1. The Labute approximate surface area is 216 Å². The van der Waals surface area contributed by atoms with Crippen molar-refractivity contribution in [3.8, 4) is 0 Å². The Morgan fingerprint density at radius 3 is 2.61 bits per heavy atom. The predicted molar refractivity (Wildman–Crippen MR) is 137 cm³/mol.